The first-order valence-electron chi connectivity index (χ1n) is 5.34. The van der Waals surface area contributed by atoms with E-state index in [0.29, 0.717) is 16.8 Å². The summed E-state index contributed by atoms with van der Waals surface area (Å²) in [5.74, 6) is -1.51. The van der Waals surface area contributed by atoms with E-state index in [1.807, 2.05) is 0 Å². The normalized spacial score (nSPS) is 11.9. The zero-order valence-corrected chi connectivity index (χ0v) is 10.3. The van der Waals surface area contributed by atoms with Crippen LogP contribution in [0.3, 0.4) is 0 Å². The summed E-state index contributed by atoms with van der Waals surface area (Å²) in [5.41, 5.74) is 6.89. The van der Waals surface area contributed by atoms with Crippen molar-refractivity contribution in [2.24, 2.45) is 5.73 Å². The summed E-state index contributed by atoms with van der Waals surface area (Å²) >= 11 is 0. The number of primary amides is 1. The molecule has 0 fully saturated rings. The highest BCUT2D eigenvalue weighted by Gasteiger charge is 2.17. The number of hydrogen-bond donors (Lipinski definition) is 3. The van der Waals surface area contributed by atoms with Gasteiger partial charge in [-0.3, -0.25) is 4.79 Å². The van der Waals surface area contributed by atoms with Crippen molar-refractivity contribution in [1.82, 2.24) is 0 Å². The van der Waals surface area contributed by atoms with Crippen LogP contribution in [0.5, 0.6) is 0 Å². The zero-order chi connectivity index (χ0) is 13.7. The topological polar surface area (TPSA) is 102 Å². The molecular formula is C12H16N2O4. The molecule has 1 unspecified atom stereocenters. The molecule has 1 atom stereocenters. The van der Waals surface area contributed by atoms with Crippen molar-refractivity contribution in [1.29, 1.82) is 0 Å². The third-order valence-electron chi connectivity index (χ3n) is 2.46. The van der Waals surface area contributed by atoms with Crippen molar-refractivity contribution in [3.63, 3.8) is 0 Å². The van der Waals surface area contributed by atoms with Gasteiger partial charge in [0.15, 0.2) is 0 Å². The highest BCUT2D eigenvalue weighted by Crippen LogP contribution is 2.15. The maximum Gasteiger partial charge on any atom is 0.328 e. The molecule has 1 aromatic carbocycles. The van der Waals surface area contributed by atoms with Crippen LogP contribution in [0.2, 0.25) is 0 Å². The number of rotatable bonds is 6. The number of anilines is 1. The van der Waals surface area contributed by atoms with E-state index in [0.717, 1.165) is 0 Å². The predicted octanol–water partition coefficient (Wildman–Crippen LogP) is 0.605. The average molecular weight is 252 g/mol. The number of carboxylic acid groups (broad SMARTS) is 1. The van der Waals surface area contributed by atoms with E-state index in [4.69, 9.17) is 15.6 Å². The van der Waals surface area contributed by atoms with Gasteiger partial charge in [-0.05, 0) is 30.7 Å². The van der Waals surface area contributed by atoms with Gasteiger partial charge in [-0.25, -0.2) is 4.79 Å². The Bertz CT molecular complexity index is 459. The van der Waals surface area contributed by atoms with Crippen molar-refractivity contribution in [3.05, 3.63) is 29.3 Å². The highest BCUT2D eigenvalue weighted by atomic mass is 16.5. The second kappa shape index (κ2) is 6.02. The summed E-state index contributed by atoms with van der Waals surface area (Å²) in [4.78, 5) is 22.0. The second-order valence-electron chi connectivity index (χ2n) is 3.88. The van der Waals surface area contributed by atoms with Crippen molar-refractivity contribution in [2.45, 2.75) is 13.0 Å². The number of nitrogens with two attached hydrogens (primary N) is 1. The number of amides is 1. The van der Waals surface area contributed by atoms with E-state index < -0.39 is 17.9 Å². The number of methoxy groups -OCH3 is 1. The maximum absolute atomic E-state index is 11.1. The van der Waals surface area contributed by atoms with Crippen LogP contribution >= 0.6 is 0 Å². The number of aliphatic carboxylic acids is 1. The molecule has 6 nitrogen and oxygen atoms in total. The number of carbonyl (C=O) groups is 2. The van der Waals surface area contributed by atoms with E-state index >= 15 is 0 Å². The SMILES string of the molecule is COCC(Nc1ccc(C(N)=O)c(C)c1)C(=O)O. The number of benzene rings is 1. The van der Waals surface area contributed by atoms with E-state index in [2.05, 4.69) is 5.32 Å². The molecule has 0 heterocycles. The fraction of sp³-hybridized carbons (Fsp3) is 0.333. The molecular weight excluding hydrogens is 236 g/mol. The molecule has 0 aliphatic heterocycles. The average Bonchev–Trinajstić information content (AvgIpc) is 2.27. The Hall–Kier alpha value is -2.08. The third kappa shape index (κ3) is 3.46. The Morgan fingerprint density at radius 2 is 2.17 bits per heavy atom. The molecule has 1 rings (SSSR count). The number of hydrogen-bond acceptors (Lipinski definition) is 4. The number of carboxylic acids is 1. The van der Waals surface area contributed by atoms with Crippen LogP contribution in [0.4, 0.5) is 5.69 Å². The molecule has 0 saturated heterocycles. The smallest absolute Gasteiger partial charge is 0.328 e. The Morgan fingerprint density at radius 3 is 2.61 bits per heavy atom. The Kier molecular flexibility index (Phi) is 4.67. The first-order chi connectivity index (χ1) is 8.45. The molecule has 4 N–H and O–H groups in total. The van der Waals surface area contributed by atoms with E-state index in [9.17, 15) is 9.59 Å². The van der Waals surface area contributed by atoms with Crippen LogP contribution in [0.15, 0.2) is 18.2 Å². The van der Waals surface area contributed by atoms with Gasteiger partial charge in [0.2, 0.25) is 5.91 Å². The second-order valence-corrected chi connectivity index (χ2v) is 3.88. The van der Waals surface area contributed by atoms with Gasteiger partial charge >= 0.3 is 5.97 Å². The summed E-state index contributed by atoms with van der Waals surface area (Å²) in [7, 11) is 1.43. The molecule has 0 aromatic heterocycles. The fourth-order valence-electron chi connectivity index (χ4n) is 1.57. The Morgan fingerprint density at radius 1 is 1.50 bits per heavy atom. The molecule has 1 aromatic rings. The number of aryl methyl sites for hydroxylation is 1. The van der Waals surface area contributed by atoms with Crippen molar-refractivity contribution < 1.29 is 19.4 Å². The lowest BCUT2D eigenvalue weighted by Gasteiger charge is -2.15. The van der Waals surface area contributed by atoms with Crippen LogP contribution < -0.4 is 11.1 Å². The fourth-order valence-corrected chi connectivity index (χ4v) is 1.57. The predicted molar refractivity (Wildman–Crippen MR) is 66.6 cm³/mol. The van der Waals surface area contributed by atoms with Crippen molar-refractivity contribution in [3.8, 4) is 0 Å². The number of carbonyl (C=O) groups excluding carboxylic acids is 1. The molecule has 18 heavy (non-hydrogen) atoms. The maximum atomic E-state index is 11.1. The van der Waals surface area contributed by atoms with Gasteiger partial charge in [0.05, 0.1) is 6.61 Å². The molecule has 1 amide bonds. The highest BCUT2D eigenvalue weighted by molar-refractivity contribution is 5.94. The van der Waals surface area contributed by atoms with Gasteiger partial charge in [-0.1, -0.05) is 0 Å². The van der Waals surface area contributed by atoms with Gasteiger partial charge < -0.3 is 20.9 Å². The van der Waals surface area contributed by atoms with Gasteiger partial charge in [0.25, 0.3) is 0 Å². The van der Waals surface area contributed by atoms with Crippen LogP contribution in [0.25, 0.3) is 0 Å². The Labute approximate surface area is 105 Å². The molecule has 98 valence electrons. The summed E-state index contributed by atoms with van der Waals surface area (Å²) in [6, 6.07) is 4.00. The van der Waals surface area contributed by atoms with Crippen molar-refractivity contribution >= 4 is 17.6 Å². The molecule has 0 aliphatic carbocycles. The van der Waals surface area contributed by atoms with Gasteiger partial charge in [0.1, 0.15) is 6.04 Å². The van der Waals surface area contributed by atoms with Crippen LogP contribution in [0, 0.1) is 6.92 Å². The largest absolute Gasteiger partial charge is 0.480 e. The summed E-state index contributed by atoms with van der Waals surface area (Å²) in [6.07, 6.45) is 0. The minimum Gasteiger partial charge on any atom is -0.480 e. The minimum absolute atomic E-state index is 0.0476. The lowest BCUT2D eigenvalue weighted by Crippen LogP contribution is -2.33. The van der Waals surface area contributed by atoms with Crippen LogP contribution in [-0.2, 0) is 9.53 Å². The molecule has 0 spiro atoms. The van der Waals surface area contributed by atoms with E-state index in [1.54, 1.807) is 25.1 Å². The zero-order valence-electron chi connectivity index (χ0n) is 10.3. The molecule has 0 bridgehead atoms. The first kappa shape index (κ1) is 14.0. The minimum atomic E-state index is -1.01. The van der Waals surface area contributed by atoms with E-state index in [1.165, 1.54) is 7.11 Å². The summed E-state index contributed by atoms with van der Waals surface area (Å²) < 4.78 is 4.81. The van der Waals surface area contributed by atoms with E-state index in [-0.39, 0.29) is 6.61 Å². The molecule has 0 aliphatic rings. The molecule has 6 heteroatoms. The lowest BCUT2D eigenvalue weighted by atomic mass is 10.1. The number of ether oxygens (including phenoxy) is 1. The number of nitrogens with one attached hydrogen (secondary N) is 1. The van der Waals surface area contributed by atoms with Crippen LogP contribution in [0.1, 0.15) is 15.9 Å². The lowest BCUT2D eigenvalue weighted by molar-refractivity contribution is -0.139. The quantitative estimate of drug-likeness (QED) is 0.688. The standard InChI is InChI=1S/C12H16N2O4/c1-7-5-8(3-4-9(7)11(13)15)14-10(6-18-2)12(16)17/h3-5,10,14H,6H2,1-2H3,(H2,13,15)(H,16,17). The third-order valence-corrected chi connectivity index (χ3v) is 2.46. The summed E-state index contributed by atoms with van der Waals surface area (Å²) in [6.45, 7) is 1.78. The monoisotopic (exact) mass is 252 g/mol. The molecule has 0 radical (unpaired) electrons. The van der Waals surface area contributed by atoms with Crippen LogP contribution in [-0.4, -0.2) is 36.7 Å². The van der Waals surface area contributed by atoms with Gasteiger partial charge in [-0.15, -0.1) is 0 Å². The summed E-state index contributed by atoms with van der Waals surface area (Å²) in [5, 5.41) is 11.8. The first-order valence-corrected chi connectivity index (χ1v) is 5.34. The van der Waals surface area contributed by atoms with Gasteiger partial charge in [-0.2, -0.15) is 0 Å². The Balaban J connectivity index is 2.88. The van der Waals surface area contributed by atoms with Gasteiger partial charge in [0, 0.05) is 18.4 Å². The van der Waals surface area contributed by atoms with Crippen molar-refractivity contribution in [2.75, 3.05) is 19.0 Å². The molecule has 0 saturated carbocycles.